The summed E-state index contributed by atoms with van der Waals surface area (Å²) in [4.78, 5) is 14.1. The molecule has 4 nitrogen and oxygen atoms in total. The molecule has 0 spiro atoms. The molecule has 2 N–H and O–H groups in total. The molecule has 1 aromatic carbocycles. The molecule has 1 heterocycles. The number of piperazine rings is 1. The van der Waals surface area contributed by atoms with Crippen molar-refractivity contribution in [1.29, 1.82) is 0 Å². The van der Waals surface area contributed by atoms with Crippen molar-refractivity contribution in [1.82, 2.24) is 10.6 Å². The van der Waals surface area contributed by atoms with E-state index >= 15 is 0 Å². The van der Waals surface area contributed by atoms with Crippen LogP contribution < -0.4 is 15.5 Å². The second kappa shape index (κ2) is 8.59. The lowest BCUT2D eigenvalue weighted by Gasteiger charge is -2.29. The largest absolute Gasteiger partial charge is 0.369 e. The molecule has 0 radical (unpaired) electrons. The molecular weight excluding hydrogens is 250 g/mol. The molecule has 0 bridgehead atoms. The van der Waals surface area contributed by atoms with Gasteiger partial charge in [-0.1, -0.05) is 13.8 Å². The Hall–Kier alpha value is -1.55. The van der Waals surface area contributed by atoms with Crippen LogP contribution in [0.15, 0.2) is 24.3 Å². The minimum Gasteiger partial charge on any atom is -0.369 e. The van der Waals surface area contributed by atoms with Gasteiger partial charge in [-0.25, -0.2) is 0 Å². The van der Waals surface area contributed by atoms with E-state index < -0.39 is 0 Å². The van der Waals surface area contributed by atoms with Crippen LogP contribution in [0.3, 0.4) is 0 Å². The number of carbonyl (C=O) groups excluding carboxylic acids is 1. The molecule has 4 heteroatoms. The van der Waals surface area contributed by atoms with Crippen molar-refractivity contribution in [2.24, 2.45) is 0 Å². The van der Waals surface area contributed by atoms with E-state index in [1.165, 1.54) is 5.69 Å². The molecule has 1 aliphatic rings. The van der Waals surface area contributed by atoms with Crippen LogP contribution in [0.25, 0.3) is 0 Å². The van der Waals surface area contributed by atoms with Crippen LogP contribution in [0.4, 0.5) is 5.69 Å². The maximum atomic E-state index is 11.8. The molecule has 112 valence electrons. The van der Waals surface area contributed by atoms with Gasteiger partial charge in [0.05, 0.1) is 0 Å². The smallest absolute Gasteiger partial charge is 0.251 e. The minimum atomic E-state index is -0.00291. The van der Waals surface area contributed by atoms with Crippen molar-refractivity contribution in [2.45, 2.75) is 33.7 Å². The predicted octanol–water partition coefficient (Wildman–Crippen LogP) is 2.26. The van der Waals surface area contributed by atoms with Crippen molar-refractivity contribution in [3.63, 3.8) is 0 Å². The second-order valence-electron chi connectivity index (χ2n) is 4.91. The van der Waals surface area contributed by atoms with E-state index in [1.54, 1.807) is 0 Å². The average Bonchev–Trinajstić information content (AvgIpc) is 2.50. The summed E-state index contributed by atoms with van der Waals surface area (Å²) < 4.78 is 0. The number of anilines is 1. The highest BCUT2D eigenvalue weighted by Crippen LogP contribution is 2.15. The van der Waals surface area contributed by atoms with Gasteiger partial charge in [0, 0.05) is 43.5 Å². The summed E-state index contributed by atoms with van der Waals surface area (Å²) >= 11 is 0. The van der Waals surface area contributed by atoms with E-state index in [0.717, 1.165) is 31.7 Å². The lowest BCUT2D eigenvalue weighted by atomic mass is 10.1. The van der Waals surface area contributed by atoms with Gasteiger partial charge in [0.2, 0.25) is 0 Å². The summed E-state index contributed by atoms with van der Waals surface area (Å²) in [6.45, 7) is 12.0. The average molecular weight is 277 g/mol. The quantitative estimate of drug-likeness (QED) is 0.891. The SMILES string of the molecule is CC.CC(C)NC(=O)c1ccc(N2CCNCC2)cc1. The van der Waals surface area contributed by atoms with Crippen LogP contribution in [0.1, 0.15) is 38.1 Å². The topological polar surface area (TPSA) is 44.4 Å². The maximum absolute atomic E-state index is 11.8. The fourth-order valence-corrected chi connectivity index (χ4v) is 2.09. The third-order valence-electron chi connectivity index (χ3n) is 3.03. The minimum absolute atomic E-state index is 0.00291. The molecule has 1 amide bonds. The van der Waals surface area contributed by atoms with Crippen LogP contribution in [0.5, 0.6) is 0 Å². The first-order valence-corrected chi connectivity index (χ1v) is 7.53. The molecule has 1 saturated heterocycles. The Morgan fingerprint density at radius 2 is 1.70 bits per heavy atom. The van der Waals surface area contributed by atoms with Gasteiger partial charge in [-0.2, -0.15) is 0 Å². The highest BCUT2D eigenvalue weighted by Gasteiger charge is 2.11. The molecule has 0 aliphatic carbocycles. The van der Waals surface area contributed by atoms with Crippen molar-refractivity contribution in [3.05, 3.63) is 29.8 Å². The molecule has 0 saturated carbocycles. The maximum Gasteiger partial charge on any atom is 0.251 e. The summed E-state index contributed by atoms with van der Waals surface area (Å²) in [7, 11) is 0. The molecule has 0 unspecified atom stereocenters. The van der Waals surface area contributed by atoms with Crippen LogP contribution in [0.2, 0.25) is 0 Å². The third kappa shape index (κ3) is 4.85. The molecule has 2 rings (SSSR count). The van der Waals surface area contributed by atoms with Gasteiger partial charge in [0.15, 0.2) is 0 Å². The molecule has 0 atom stereocenters. The Balaban J connectivity index is 0.000000956. The van der Waals surface area contributed by atoms with Gasteiger partial charge in [-0.15, -0.1) is 0 Å². The highest BCUT2D eigenvalue weighted by molar-refractivity contribution is 5.94. The fraction of sp³-hybridized carbons (Fsp3) is 0.562. The van der Waals surface area contributed by atoms with Gasteiger partial charge < -0.3 is 15.5 Å². The Kier molecular flexibility index (Phi) is 7.09. The standard InChI is InChI=1S/C14H21N3O.C2H6/c1-11(2)16-14(18)12-3-5-13(6-4-12)17-9-7-15-8-10-17;1-2/h3-6,11,15H,7-10H2,1-2H3,(H,16,18);1-2H3. The Bertz CT molecular complexity index is 395. The first kappa shape index (κ1) is 16.5. The highest BCUT2D eigenvalue weighted by atomic mass is 16.1. The molecule has 1 fully saturated rings. The van der Waals surface area contributed by atoms with Crippen LogP contribution in [-0.2, 0) is 0 Å². The van der Waals surface area contributed by atoms with E-state index in [1.807, 2.05) is 52.0 Å². The van der Waals surface area contributed by atoms with E-state index in [0.29, 0.717) is 0 Å². The summed E-state index contributed by atoms with van der Waals surface area (Å²) in [6, 6.07) is 8.02. The van der Waals surface area contributed by atoms with Gasteiger partial charge in [0.1, 0.15) is 0 Å². The number of amides is 1. The summed E-state index contributed by atoms with van der Waals surface area (Å²) in [5, 5.41) is 6.23. The van der Waals surface area contributed by atoms with E-state index in [-0.39, 0.29) is 11.9 Å². The predicted molar refractivity (Wildman–Crippen MR) is 85.5 cm³/mol. The number of benzene rings is 1. The zero-order valence-electron chi connectivity index (χ0n) is 13.1. The van der Waals surface area contributed by atoms with E-state index in [9.17, 15) is 4.79 Å². The van der Waals surface area contributed by atoms with Gasteiger partial charge >= 0.3 is 0 Å². The Morgan fingerprint density at radius 3 is 2.20 bits per heavy atom. The van der Waals surface area contributed by atoms with Crippen molar-refractivity contribution in [3.8, 4) is 0 Å². The zero-order chi connectivity index (χ0) is 15.0. The van der Waals surface area contributed by atoms with Gasteiger partial charge in [0.25, 0.3) is 5.91 Å². The van der Waals surface area contributed by atoms with E-state index in [4.69, 9.17) is 0 Å². The van der Waals surface area contributed by atoms with E-state index in [2.05, 4.69) is 15.5 Å². The molecule has 1 aliphatic heterocycles. The molecule has 0 aromatic heterocycles. The molecule has 20 heavy (non-hydrogen) atoms. The summed E-state index contributed by atoms with van der Waals surface area (Å²) in [5.74, 6) is -0.00291. The monoisotopic (exact) mass is 277 g/mol. The number of nitrogens with one attached hydrogen (secondary N) is 2. The van der Waals surface area contributed by atoms with Crippen LogP contribution >= 0.6 is 0 Å². The normalized spacial score (nSPS) is 14.6. The fourth-order valence-electron chi connectivity index (χ4n) is 2.09. The first-order chi connectivity index (χ1) is 9.66. The first-order valence-electron chi connectivity index (χ1n) is 7.53. The number of carbonyl (C=O) groups is 1. The Labute approximate surface area is 122 Å². The summed E-state index contributed by atoms with van der Waals surface area (Å²) in [5.41, 5.74) is 1.92. The number of hydrogen-bond acceptors (Lipinski definition) is 3. The third-order valence-corrected chi connectivity index (χ3v) is 3.03. The van der Waals surface area contributed by atoms with Gasteiger partial charge in [-0.05, 0) is 38.1 Å². The molecular formula is C16H27N3O. The van der Waals surface area contributed by atoms with Crippen molar-refractivity contribution in [2.75, 3.05) is 31.1 Å². The lowest BCUT2D eigenvalue weighted by molar-refractivity contribution is 0.0943. The van der Waals surface area contributed by atoms with Crippen molar-refractivity contribution >= 4 is 11.6 Å². The van der Waals surface area contributed by atoms with Crippen LogP contribution in [-0.4, -0.2) is 38.1 Å². The number of hydrogen-bond donors (Lipinski definition) is 2. The lowest BCUT2D eigenvalue weighted by Crippen LogP contribution is -2.43. The van der Waals surface area contributed by atoms with Crippen molar-refractivity contribution < 1.29 is 4.79 Å². The second-order valence-corrected chi connectivity index (χ2v) is 4.91. The number of rotatable bonds is 3. The zero-order valence-corrected chi connectivity index (χ0v) is 13.1. The number of nitrogens with zero attached hydrogens (tertiary/aromatic N) is 1. The molecule has 1 aromatic rings. The van der Waals surface area contributed by atoms with Crippen LogP contribution in [0, 0.1) is 0 Å². The summed E-state index contributed by atoms with van der Waals surface area (Å²) in [6.07, 6.45) is 0. The Morgan fingerprint density at radius 1 is 1.15 bits per heavy atom. The van der Waals surface area contributed by atoms with Gasteiger partial charge in [-0.3, -0.25) is 4.79 Å².